The minimum Gasteiger partial charge on any atom is -0.467 e. The first-order valence-electron chi connectivity index (χ1n) is 6.50. The van der Waals surface area contributed by atoms with Gasteiger partial charge in [-0.25, -0.2) is 4.98 Å². The van der Waals surface area contributed by atoms with Gasteiger partial charge in [0.05, 0.1) is 24.7 Å². The van der Waals surface area contributed by atoms with Crippen LogP contribution in [0, 0.1) is 0 Å². The zero-order valence-corrected chi connectivity index (χ0v) is 11.1. The van der Waals surface area contributed by atoms with E-state index in [-0.39, 0.29) is 5.91 Å². The van der Waals surface area contributed by atoms with Gasteiger partial charge in [-0.1, -0.05) is 0 Å². The molecule has 4 N–H and O–H groups in total. The van der Waals surface area contributed by atoms with E-state index in [0.29, 0.717) is 31.6 Å². The van der Waals surface area contributed by atoms with Gasteiger partial charge >= 0.3 is 0 Å². The molecule has 0 atom stereocenters. The number of nitrogens with one attached hydrogen (secondary N) is 2. The highest BCUT2D eigenvalue weighted by atomic mass is 16.3. The summed E-state index contributed by atoms with van der Waals surface area (Å²) < 4.78 is 5.21. The molecule has 2 rings (SSSR count). The number of carbonyl (C=O) groups is 1. The molecule has 2 heterocycles. The van der Waals surface area contributed by atoms with E-state index in [9.17, 15) is 4.79 Å². The van der Waals surface area contributed by atoms with E-state index in [1.807, 2.05) is 18.2 Å². The summed E-state index contributed by atoms with van der Waals surface area (Å²) in [5.41, 5.74) is 6.03. The zero-order chi connectivity index (χ0) is 14.2. The largest absolute Gasteiger partial charge is 0.467 e. The Labute approximate surface area is 117 Å². The smallest absolute Gasteiger partial charge is 0.224 e. The molecular formula is C14H18N4O2. The lowest BCUT2D eigenvalue weighted by Crippen LogP contribution is -2.13. The van der Waals surface area contributed by atoms with Crippen molar-refractivity contribution in [1.82, 2.24) is 4.98 Å². The number of nitrogens with two attached hydrogens (primary N) is 1. The number of amides is 1. The molecule has 0 aliphatic rings. The molecule has 0 saturated heterocycles. The quantitative estimate of drug-likeness (QED) is 0.717. The van der Waals surface area contributed by atoms with Crippen LogP contribution in [0.2, 0.25) is 0 Å². The minimum atomic E-state index is -0.0476. The number of hydrogen-bond acceptors (Lipinski definition) is 5. The van der Waals surface area contributed by atoms with Gasteiger partial charge in [-0.05, 0) is 37.2 Å². The van der Waals surface area contributed by atoms with Gasteiger partial charge in [0, 0.05) is 6.42 Å². The maximum atomic E-state index is 11.5. The normalized spacial score (nSPS) is 10.2. The van der Waals surface area contributed by atoms with E-state index in [1.54, 1.807) is 18.5 Å². The Morgan fingerprint density at radius 1 is 1.35 bits per heavy atom. The molecule has 0 bridgehead atoms. The lowest BCUT2D eigenvalue weighted by molar-refractivity contribution is -0.116. The Bertz CT molecular complexity index is 523. The van der Waals surface area contributed by atoms with E-state index in [4.69, 9.17) is 10.2 Å². The fraction of sp³-hybridized carbons (Fsp3) is 0.286. The molecule has 0 fully saturated rings. The fourth-order valence-electron chi connectivity index (χ4n) is 1.65. The molecule has 0 aromatic carbocycles. The molecule has 0 saturated carbocycles. The van der Waals surface area contributed by atoms with Crippen LogP contribution in [0.15, 0.2) is 41.1 Å². The maximum Gasteiger partial charge on any atom is 0.224 e. The number of hydrogen-bond donors (Lipinski definition) is 3. The number of carbonyl (C=O) groups excluding carboxylic acids is 1. The van der Waals surface area contributed by atoms with Crippen molar-refractivity contribution in [1.29, 1.82) is 0 Å². The summed E-state index contributed by atoms with van der Waals surface area (Å²) in [4.78, 5) is 15.7. The predicted molar refractivity (Wildman–Crippen MR) is 77.2 cm³/mol. The number of aromatic nitrogens is 1. The fourth-order valence-corrected chi connectivity index (χ4v) is 1.65. The van der Waals surface area contributed by atoms with Crippen molar-refractivity contribution in [2.45, 2.75) is 19.4 Å². The predicted octanol–water partition coefficient (Wildman–Crippen LogP) is 1.96. The van der Waals surface area contributed by atoms with Gasteiger partial charge in [-0.2, -0.15) is 0 Å². The second-order valence-corrected chi connectivity index (χ2v) is 4.31. The Balaban J connectivity index is 1.81. The standard InChI is InChI=1S/C14H18N4O2/c15-7-1-4-14(19)18-11-5-6-13(16-9-11)17-10-12-3-2-8-20-12/h2-3,5-6,8-9H,1,4,7,10,15H2,(H,16,17)(H,18,19). The van der Waals surface area contributed by atoms with Crippen LogP contribution in [0.5, 0.6) is 0 Å². The minimum absolute atomic E-state index is 0.0476. The third kappa shape index (κ3) is 4.40. The first-order chi connectivity index (χ1) is 9.78. The molecule has 6 nitrogen and oxygen atoms in total. The Morgan fingerprint density at radius 2 is 2.25 bits per heavy atom. The third-order valence-electron chi connectivity index (χ3n) is 2.68. The summed E-state index contributed by atoms with van der Waals surface area (Å²) in [5.74, 6) is 1.51. The summed E-state index contributed by atoms with van der Waals surface area (Å²) in [5, 5.41) is 5.90. The monoisotopic (exact) mass is 274 g/mol. The highest BCUT2D eigenvalue weighted by Gasteiger charge is 2.02. The molecule has 106 valence electrons. The van der Waals surface area contributed by atoms with Crippen LogP contribution < -0.4 is 16.4 Å². The van der Waals surface area contributed by atoms with Gasteiger partial charge < -0.3 is 20.8 Å². The summed E-state index contributed by atoms with van der Waals surface area (Å²) in [6.07, 6.45) is 4.35. The zero-order valence-electron chi connectivity index (χ0n) is 11.1. The molecule has 0 aliphatic carbocycles. The number of nitrogens with zero attached hydrogens (tertiary/aromatic N) is 1. The lowest BCUT2D eigenvalue weighted by Gasteiger charge is -2.06. The van der Waals surface area contributed by atoms with Crippen LogP contribution in [-0.2, 0) is 11.3 Å². The molecule has 0 spiro atoms. The van der Waals surface area contributed by atoms with Crippen LogP contribution >= 0.6 is 0 Å². The molecule has 0 aliphatic heterocycles. The van der Waals surface area contributed by atoms with Crippen LogP contribution in [0.25, 0.3) is 0 Å². The Hall–Kier alpha value is -2.34. The van der Waals surface area contributed by atoms with E-state index >= 15 is 0 Å². The van der Waals surface area contributed by atoms with Crippen molar-refractivity contribution < 1.29 is 9.21 Å². The van der Waals surface area contributed by atoms with Gasteiger partial charge in [-0.3, -0.25) is 4.79 Å². The number of pyridine rings is 1. The second kappa shape index (κ2) is 7.30. The first kappa shape index (κ1) is 14.1. The number of rotatable bonds is 7. The Kier molecular flexibility index (Phi) is 5.14. The summed E-state index contributed by atoms with van der Waals surface area (Å²) in [6, 6.07) is 7.34. The van der Waals surface area contributed by atoms with Crippen molar-refractivity contribution >= 4 is 17.4 Å². The van der Waals surface area contributed by atoms with E-state index in [1.165, 1.54) is 0 Å². The lowest BCUT2D eigenvalue weighted by atomic mass is 10.3. The highest BCUT2D eigenvalue weighted by Crippen LogP contribution is 2.11. The summed E-state index contributed by atoms with van der Waals surface area (Å²) >= 11 is 0. The first-order valence-corrected chi connectivity index (χ1v) is 6.50. The van der Waals surface area contributed by atoms with Gasteiger partial charge in [0.15, 0.2) is 0 Å². The molecule has 20 heavy (non-hydrogen) atoms. The average molecular weight is 274 g/mol. The van der Waals surface area contributed by atoms with Crippen LogP contribution in [0.1, 0.15) is 18.6 Å². The van der Waals surface area contributed by atoms with E-state index in [0.717, 1.165) is 11.6 Å². The number of furan rings is 1. The topological polar surface area (TPSA) is 93.2 Å². The molecule has 1 amide bonds. The highest BCUT2D eigenvalue weighted by molar-refractivity contribution is 5.90. The van der Waals surface area contributed by atoms with Crippen LogP contribution in [0.3, 0.4) is 0 Å². The molecule has 0 unspecified atom stereocenters. The van der Waals surface area contributed by atoms with Gasteiger partial charge in [0.2, 0.25) is 5.91 Å². The second-order valence-electron chi connectivity index (χ2n) is 4.31. The van der Waals surface area contributed by atoms with Crippen LogP contribution in [0.4, 0.5) is 11.5 Å². The summed E-state index contributed by atoms with van der Waals surface area (Å²) in [7, 11) is 0. The Morgan fingerprint density at radius 3 is 2.90 bits per heavy atom. The molecule has 0 radical (unpaired) electrons. The SMILES string of the molecule is NCCCC(=O)Nc1ccc(NCc2ccco2)nc1. The van der Waals surface area contributed by atoms with Crippen molar-refractivity contribution in [3.8, 4) is 0 Å². The van der Waals surface area contributed by atoms with Gasteiger partial charge in [0.1, 0.15) is 11.6 Å². The van der Waals surface area contributed by atoms with E-state index < -0.39 is 0 Å². The average Bonchev–Trinajstić information content (AvgIpc) is 2.98. The maximum absolute atomic E-state index is 11.5. The van der Waals surface area contributed by atoms with Crippen molar-refractivity contribution in [2.75, 3.05) is 17.2 Å². The van der Waals surface area contributed by atoms with Crippen molar-refractivity contribution in [2.24, 2.45) is 5.73 Å². The van der Waals surface area contributed by atoms with Crippen LogP contribution in [-0.4, -0.2) is 17.4 Å². The summed E-state index contributed by atoms with van der Waals surface area (Å²) in [6.45, 7) is 1.09. The van der Waals surface area contributed by atoms with Crippen molar-refractivity contribution in [3.05, 3.63) is 42.5 Å². The third-order valence-corrected chi connectivity index (χ3v) is 2.68. The molecule has 2 aromatic heterocycles. The molecule has 2 aromatic rings. The number of anilines is 2. The molecular weight excluding hydrogens is 256 g/mol. The van der Waals surface area contributed by atoms with Gasteiger partial charge in [0.25, 0.3) is 0 Å². The van der Waals surface area contributed by atoms with E-state index in [2.05, 4.69) is 15.6 Å². The van der Waals surface area contributed by atoms with Gasteiger partial charge in [-0.15, -0.1) is 0 Å². The van der Waals surface area contributed by atoms with Crippen molar-refractivity contribution in [3.63, 3.8) is 0 Å². The molecule has 6 heteroatoms.